The van der Waals surface area contributed by atoms with Crippen molar-refractivity contribution in [3.63, 3.8) is 0 Å². The van der Waals surface area contributed by atoms with E-state index in [-0.39, 0.29) is 11.7 Å². The second-order valence-corrected chi connectivity index (χ2v) is 8.98. The fraction of sp³-hybridized carbons (Fsp3) is 0.308. The van der Waals surface area contributed by atoms with E-state index in [9.17, 15) is 4.79 Å². The third kappa shape index (κ3) is 4.08. The number of hydrogen-bond acceptors (Lipinski definition) is 7. The van der Waals surface area contributed by atoms with Crippen molar-refractivity contribution in [3.8, 4) is 11.6 Å². The molecule has 0 bridgehead atoms. The maximum Gasteiger partial charge on any atom is 0.278 e. The molecule has 0 unspecified atom stereocenters. The molecule has 35 heavy (non-hydrogen) atoms. The van der Waals surface area contributed by atoms with Crippen LogP contribution in [0.4, 0.5) is 11.6 Å². The normalized spacial score (nSPS) is 15.4. The highest BCUT2D eigenvalue weighted by molar-refractivity contribution is 5.77. The molecule has 1 aromatic carbocycles. The van der Waals surface area contributed by atoms with E-state index >= 15 is 0 Å². The van der Waals surface area contributed by atoms with Crippen molar-refractivity contribution in [1.82, 2.24) is 29.6 Å². The summed E-state index contributed by atoms with van der Waals surface area (Å²) in [7, 11) is 0. The molecule has 0 radical (unpaired) electrons. The first-order chi connectivity index (χ1) is 17.2. The Balaban J connectivity index is 1.40. The largest absolute Gasteiger partial charge is 0.474 e. The Morgan fingerprint density at radius 3 is 2.94 bits per heavy atom. The van der Waals surface area contributed by atoms with Crippen LogP contribution in [-0.4, -0.2) is 37.0 Å². The monoisotopic (exact) mass is 469 g/mol. The van der Waals surface area contributed by atoms with E-state index in [2.05, 4.69) is 39.3 Å². The van der Waals surface area contributed by atoms with E-state index in [4.69, 9.17) is 9.72 Å². The van der Waals surface area contributed by atoms with Crippen LogP contribution in [0.5, 0.6) is 5.88 Å². The van der Waals surface area contributed by atoms with Crippen molar-refractivity contribution in [2.45, 2.75) is 44.9 Å². The molecule has 2 aliphatic rings. The van der Waals surface area contributed by atoms with E-state index in [1.807, 2.05) is 18.2 Å². The van der Waals surface area contributed by atoms with Gasteiger partial charge in [-0.1, -0.05) is 12.1 Å². The highest BCUT2D eigenvalue weighted by atomic mass is 16.5. The van der Waals surface area contributed by atoms with E-state index in [1.54, 1.807) is 27.8 Å². The second-order valence-electron chi connectivity index (χ2n) is 8.98. The molecule has 178 valence electrons. The molecule has 0 spiro atoms. The summed E-state index contributed by atoms with van der Waals surface area (Å²) in [6.45, 7) is 6.00. The van der Waals surface area contributed by atoms with Gasteiger partial charge in [0.25, 0.3) is 5.56 Å². The van der Waals surface area contributed by atoms with Gasteiger partial charge in [-0.15, -0.1) is 6.58 Å². The van der Waals surface area contributed by atoms with Crippen LogP contribution >= 0.6 is 0 Å². The lowest BCUT2D eigenvalue weighted by molar-refractivity contribution is 0.114. The molecule has 0 amide bonds. The third-order valence-electron chi connectivity index (χ3n) is 6.63. The van der Waals surface area contributed by atoms with Crippen molar-refractivity contribution in [1.29, 1.82) is 0 Å². The molecular weight excluding hydrogens is 442 g/mol. The summed E-state index contributed by atoms with van der Waals surface area (Å²) >= 11 is 0. The van der Waals surface area contributed by atoms with Crippen LogP contribution in [0, 0.1) is 0 Å². The van der Waals surface area contributed by atoms with E-state index in [0.717, 1.165) is 43.7 Å². The van der Waals surface area contributed by atoms with Gasteiger partial charge in [0.15, 0.2) is 5.65 Å². The van der Waals surface area contributed by atoms with Crippen LogP contribution in [0.25, 0.3) is 16.7 Å². The van der Waals surface area contributed by atoms with Crippen molar-refractivity contribution in [3.05, 3.63) is 76.9 Å². The summed E-state index contributed by atoms with van der Waals surface area (Å²) in [5.41, 5.74) is 4.62. The number of rotatable bonds is 7. The van der Waals surface area contributed by atoms with E-state index in [0.29, 0.717) is 29.4 Å². The lowest BCUT2D eigenvalue weighted by Crippen LogP contribution is -2.25. The Morgan fingerprint density at radius 1 is 1.20 bits per heavy atom. The number of nitrogens with one attached hydrogen (secondary N) is 2. The van der Waals surface area contributed by atoms with Gasteiger partial charge in [0.05, 0.1) is 12.2 Å². The molecule has 0 saturated heterocycles. The quantitative estimate of drug-likeness (QED) is 0.400. The van der Waals surface area contributed by atoms with Crippen LogP contribution in [0.3, 0.4) is 0 Å². The molecular formula is C26H27N7O2. The predicted octanol–water partition coefficient (Wildman–Crippen LogP) is 3.48. The number of hydrogen-bond donors (Lipinski definition) is 2. The zero-order valence-electron chi connectivity index (χ0n) is 19.4. The third-order valence-corrected chi connectivity index (χ3v) is 6.63. The van der Waals surface area contributed by atoms with Gasteiger partial charge >= 0.3 is 0 Å². The summed E-state index contributed by atoms with van der Waals surface area (Å²) < 4.78 is 9.39. The maximum atomic E-state index is 13.2. The first kappa shape index (κ1) is 21.5. The summed E-state index contributed by atoms with van der Waals surface area (Å²) in [5.74, 6) is 0.965. The van der Waals surface area contributed by atoms with Gasteiger partial charge in [-0.2, -0.15) is 4.98 Å². The summed E-state index contributed by atoms with van der Waals surface area (Å²) in [6, 6.07) is 10.0. The maximum absolute atomic E-state index is 13.2. The lowest BCUT2D eigenvalue weighted by atomic mass is 9.96. The molecule has 3 aromatic heterocycles. The molecule has 2 N–H and O–H groups in total. The van der Waals surface area contributed by atoms with Crippen molar-refractivity contribution >= 4 is 22.7 Å². The topological polar surface area (TPSA) is 98.9 Å². The smallest absolute Gasteiger partial charge is 0.278 e. The fourth-order valence-electron chi connectivity index (χ4n) is 4.58. The molecule has 1 saturated carbocycles. The average molecular weight is 470 g/mol. The first-order valence-electron chi connectivity index (χ1n) is 12.0. The summed E-state index contributed by atoms with van der Waals surface area (Å²) in [4.78, 5) is 26.7. The lowest BCUT2D eigenvalue weighted by Gasteiger charge is -2.25. The average Bonchev–Trinajstić information content (AvgIpc) is 3.12. The van der Waals surface area contributed by atoms with Gasteiger partial charge in [0.1, 0.15) is 11.5 Å². The van der Waals surface area contributed by atoms with Crippen LogP contribution in [0.1, 0.15) is 30.4 Å². The molecule has 4 heterocycles. The van der Waals surface area contributed by atoms with Gasteiger partial charge in [0.2, 0.25) is 11.8 Å². The predicted molar refractivity (Wildman–Crippen MR) is 135 cm³/mol. The molecule has 1 aliphatic carbocycles. The number of allylic oxidation sites excluding steroid dienone is 1. The Labute approximate surface area is 202 Å². The number of ether oxygens (including phenoxy) is 1. The van der Waals surface area contributed by atoms with Gasteiger partial charge < -0.3 is 15.4 Å². The molecule has 9 nitrogen and oxygen atoms in total. The number of fused-ring (bicyclic) bond motifs is 2. The van der Waals surface area contributed by atoms with E-state index < -0.39 is 0 Å². The zero-order chi connectivity index (χ0) is 23.8. The highest BCUT2D eigenvalue weighted by Crippen LogP contribution is 2.26. The van der Waals surface area contributed by atoms with Crippen LogP contribution in [-0.2, 0) is 19.5 Å². The van der Waals surface area contributed by atoms with Gasteiger partial charge in [-0.25, -0.2) is 19.3 Å². The van der Waals surface area contributed by atoms with Gasteiger partial charge in [-0.05, 0) is 61.6 Å². The second kappa shape index (κ2) is 8.99. The summed E-state index contributed by atoms with van der Waals surface area (Å²) in [5, 5.41) is 7.15. The molecule has 9 heteroatoms. The number of nitrogens with zero attached hydrogens (tertiary/aromatic N) is 5. The Kier molecular flexibility index (Phi) is 5.54. The number of anilines is 2. The van der Waals surface area contributed by atoms with Crippen LogP contribution in [0.15, 0.2) is 60.2 Å². The molecule has 0 atom stereocenters. The van der Waals surface area contributed by atoms with Crippen molar-refractivity contribution in [2.24, 2.45) is 0 Å². The van der Waals surface area contributed by atoms with Crippen LogP contribution < -0.4 is 20.9 Å². The number of pyridine rings is 1. The van der Waals surface area contributed by atoms with Crippen LogP contribution in [0.2, 0.25) is 0 Å². The molecule has 6 rings (SSSR count). The Bertz CT molecular complexity index is 1470. The SMILES string of the molecule is C=CCn1c(=O)c2cnc(Nc3ccc4c(c3)CNCC4)nc2n1-c1ccnc(OC2CCC2)c1. The highest BCUT2D eigenvalue weighted by Gasteiger charge is 2.21. The Morgan fingerprint density at radius 2 is 2.11 bits per heavy atom. The van der Waals surface area contributed by atoms with Gasteiger partial charge in [-0.3, -0.25) is 4.79 Å². The minimum atomic E-state index is -0.176. The summed E-state index contributed by atoms with van der Waals surface area (Å²) in [6.07, 6.45) is 9.46. The molecule has 1 aliphatic heterocycles. The van der Waals surface area contributed by atoms with E-state index in [1.165, 1.54) is 17.5 Å². The minimum Gasteiger partial charge on any atom is -0.474 e. The zero-order valence-corrected chi connectivity index (χ0v) is 19.4. The molecule has 4 aromatic rings. The first-order valence-corrected chi connectivity index (χ1v) is 12.0. The standard InChI is InChI=1S/C26H27N7O2/c1-2-12-32-25(34)22-16-29-26(30-19-7-6-17-8-10-27-15-18(17)13-19)31-24(22)33(32)20-9-11-28-23(14-20)35-21-4-3-5-21/h2,6-7,9,11,13-14,16,21,27H,1,3-5,8,10,12,15H2,(H,29,30,31). The van der Waals surface area contributed by atoms with Crippen molar-refractivity contribution < 1.29 is 4.74 Å². The number of benzene rings is 1. The fourth-order valence-corrected chi connectivity index (χ4v) is 4.58. The molecule has 1 fully saturated rings. The van der Waals surface area contributed by atoms with Crippen molar-refractivity contribution in [2.75, 3.05) is 11.9 Å². The number of aromatic nitrogens is 5. The minimum absolute atomic E-state index is 0.176. The Hall–Kier alpha value is -3.98. The van der Waals surface area contributed by atoms with Gasteiger partial charge in [0, 0.05) is 30.7 Å².